The highest BCUT2D eigenvalue weighted by atomic mass is 16.6. The first-order chi connectivity index (χ1) is 8.71. The molecule has 2 atom stereocenters. The van der Waals surface area contributed by atoms with E-state index in [4.69, 9.17) is 9.47 Å². The van der Waals surface area contributed by atoms with Crippen LogP contribution in [0.1, 0.15) is 27.7 Å². The lowest BCUT2D eigenvalue weighted by atomic mass is 10.3. The average Bonchev–Trinajstić information content (AvgIpc) is 2.57. The Bertz CT molecular complexity index is 456. The quantitative estimate of drug-likeness (QED) is 0.505. The number of carbonyl (C=O) groups is 4. The van der Waals surface area contributed by atoms with E-state index in [-0.39, 0.29) is 0 Å². The molecule has 0 fully saturated rings. The van der Waals surface area contributed by atoms with Crippen molar-refractivity contribution in [3.8, 4) is 0 Å². The van der Waals surface area contributed by atoms with Crippen LogP contribution in [0, 0.1) is 0 Å². The van der Waals surface area contributed by atoms with Gasteiger partial charge >= 0.3 is 30.0 Å². The van der Waals surface area contributed by atoms with Gasteiger partial charge in [-0.15, -0.1) is 4.48 Å². The van der Waals surface area contributed by atoms with Crippen LogP contribution in [0.5, 0.6) is 0 Å². The molecule has 0 saturated heterocycles. The van der Waals surface area contributed by atoms with E-state index in [9.17, 15) is 19.2 Å². The third-order valence-electron chi connectivity index (χ3n) is 2.66. The summed E-state index contributed by atoms with van der Waals surface area (Å²) in [5.41, 5.74) is 0. The Labute approximate surface area is 109 Å². The van der Waals surface area contributed by atoms with Gasteiger partial charge in [0.1, 0.15) is 0 Å². The van der Waals surface area contributed by atoms with Crippen LogP contribution in [-0.4, -0.2) is 47.0 Å². The van der Waals surface area contributed by atoms with E-state index in [2.05, 4.69) is 4.99 Å². The van der Waals surface area contributed by atoms with E-state index in [0.29, 0.717) is 0 Å². The van der Waals surface area contributed by atoms with Crippen molar-refractivity contribution < 1.29 is 33.1 Å². The van der Waals surface area contributed by atoms with E-state index in [1.807, 2.05) is 0 Å². The lowest BCUT2D eigenvalue weighted by Crippen LogP contribution is -2.62. The van der Waals surface area contributed by atoms with Gasteiger partial charge in [0, 0.05) is 13.8 Å². The van der Waals surface area contributed by atoms with Crippen molar-refractivity contribution in [3.63, 3.8) is 0 Å². The molecule has 0 saturated carbocycles. The number of amides is 2. The zero-order chi connectivity index (χ0) is 14.8. The number of esters is 2. The second kappa shape index (κ2) is 5.27. The summed E-state index contributed by atoms with van der Waals surface area (Å²) in [6, 6.07) is 0. The molecule has 0 aromatic rings. The molecule has 0 aliphatic carbocycles. The molecular weight excluding hydrogens is 256 g/mol. The van der Waals surface area contributed by atoms with Crippen molar-refractivity contribution in [1.82, 2.24) is 0 Å². The van der Waals surface area contributed by atoms with Crippen molar-refractivity contribution in [2.24, 2.45) is 4.99 Å². The first-order valence-corrected chi connectivity index (χ1v) is 5.51. The Hall–Kier alpha value is -2.09. The smallest absolute Gasteiger partial charge is 0.327 e. The molecule has 0 aromatic carbocycles. The van der Waals surface area contributed by atoms with Crippen LogP contribution in [0.3, 0.4) is 0 Å². The Kier molecular flexibility index (Phi) is 4.15. The zero-order valence-electron chi connectivity index (χ0n) is 11.1. The molecule has 2 unspecified atom stereocenters. The largest absolute Gasteiger partial charge is 0.429 e. The number of hydrogen-bond donors (Lipinski definition) is 0. The number of imide groups is 1. The van der Waals surface area contributed by atoms with Crippen molar-refractivity contribution >= 4 is 30.1 Å². The number of nitrogens with zero attached hydrogens (tertiary/aromatic N) is 2. The molecule has 0 N–H and O–H groups in total. The lowest BCUT2D eigenvalue weighted by molar-refractivity contribution is -0.734. The number of aliphatic imine (C=N–C) groups is 1. The number of rotatable bonds is 2. The summed E-state index contributed by atoms with van der Waals surface area (Å²) < 4.78 is 8.88. The van der Waals surface area contributed by atoms with Gasteiger partial charge in [0.15, 0.2) is 0 Å². The summed E-state index contributed by atoms with van der Waals surface area (Å²) in [6.07, 6.45) is -1.50. The molecular formula is C11H15N2O6+. The third kappa shape index (κ3) is 2.68. The summed E-state index contributed by atoms with van der Waals surface area (Å²) in [7, 11) is 0. The first-order valence-electron chi connectivity index (χ1n) is 5.51. The molecule has 1 rings (SSSR count). The fourth-order valence-corrected chi connectivity index (χ4v) is 1.82. The Morgan fingerprint density at radius 1 is 0.947 bits per heavy atom. The van der Waals surface area contributed by atoms with Gasteiger partial charge in [-0.1, -0.05) is 0 Å². The minimum Gasteiger partial charge on any atom is -0.429 e. The van der Waals surface area contributed by atoms with Crippen LogP contribution < -0.4 is 0 Å². The first kappa shape index (κ1) is 15.0. The van der Waals surface area contributed by atoms with Gasteiger partial charge in [0.05, 0.1) is 13.8 Å². The van der Waals surface area contributed by atoms with Gasteiger partial charge in [0.2, 0.25) is 6.34 Å². The van der Waals surface area contributed by atoms with E-state index in [1.54, 1.807) is 0 Å². The van der Waals surface area contributed by atoms with Crippen LogP contribution in [0.15, 0.2) is 4.99 Å². The zero-order valence-corrected chi connectivity index (χ0v) is 11.1. The van der Waals surface area contributed by atoms with Gasteiger partial charge in [-0.25, -0.2) is 9.59 Å². The maximum atomic E-state index is 11.8. The molecule has 1 aliphatic rings. The molecule has 2 amide bonds. The summed E-state index contributed by atoms with van der Waals surface area (Å²) in [5.74, 6) is -2.54. The number of carbonyl (C=O) groups excluding carboxylic acids is 4. The molecule has 19 heavy (non-hydrogen) atoms. The monoisotopic (exact) mass is 271 g/mol. The van der Waals surface area contributed by atoms with Crippen LogP contribution in [0.25, 0.3) is 0 Å². The predicted molar refractivity (Wildman–Crippen MR) is 61.2 cm³/mol. The van der Waals surface area contributed by atoms with Crippen molar-refractivity contribution in [3.05, 3.63) is 0 Å². The topological polar surface area (TPSA) is 99.1 Å². The van der Waals surface area contributed by atoms with E-state index >= 15 is 0 Å². The van der Waals surface area contributed by atoms with Gasteiger partial charge in [-0.05, 0) is 0 Å². The minimum atomic E-state index is -1.32. The SMILES string of the molecule is CC(=O)OC1N=C[N+](C(C)=O)(C(C)=O)C1OC(C)=O. The van der Waals surface area contributed by atoms with Crippen molar-refractivity contribution in [2.45, 2.75) is 40.2 Å². The highest BCUT2D eigenvalue weighted by molar-refractivity contribution is 5.92. The van der Waals surface area contributed by atoms with Gasteiger partial charge in [0.25, 0.3) is 6.23 Å². The molecule has 8 heteroatoms. The summed E-state index contributed by atoms with van der Waals surface area (Å²) >= 11 is 0. The van der Waals surface area contributed by atoms with E-state index in [0.717, 1.165) is 20.2 Å². The Morgan fingerprint density at radius 2 is 1.42 bits per heavy atom. The average molecular weight is 271 g/mol. The number of hydrogen-bond acceptors (Lipinski definition) is 7. The van der Waals surface area contributed by atoms with Crippen molar-refractivity contribution in [2.75, 3.05) is 0 Å². The summed E-state index contributed by atoms with van der Waals surface area (Å²) in [5, 5.41) is 0. The predicted octanol–water partition coefficient (Wildman–Crippen LogP) is -0.284. The minimum absolute atomic E-state index is 0.586. The van der Waals surface area contributed by atoms with Crippen LogP contribution in [-0.2, 0) is 28.7 Å². The molecule has 0 bridgehead atoms. The fraction of sp³-hybridized carbons (Fsp3) is 0.545. The molecule has 1 aliphatic heterocycles. The normalized spacial score (nSPS) is 23.8. The lowest BCUT2D eigenvalue weighted by Gasteiger charge is -2.30. The van der Waals surface area contributed by atoms with Crippen LogP contribution in [0.2, 0.25) is 0 Å². The highest BCUT2D eigenvalue weighted by Gasteiger charge is 2.58. The maximum Gasteiger partial charge on any atom is 0.327 e. The second-order valence-electron chi connectivity index (χ2n) is 4.08. The third-order valence-corrected chi connectivity index (χ3v) is 2.66. The highest BCUT2D eigenvalue weighted by Crippen LogP contribution is 2.26. The van der Waals surface area contributed by atoms with E-state index < -0.39 is 40.7 Å². The van der Waals surface area contributed by atoms with Crippen LogP contribution in [0.4, 0.5) is 0 Å². The molecule has 104 valence electrons. The maximum absolute atomic E-state index is 11.8. The van der Waals surface area contributed by atoms with E-state index in [1.165, 1.54) is 13.8 Å². The molecule has 8 nitrogen and oxygen atoms in total. The number of ether oxygens (including phenoxy) is 2. The molecule has 1 heterocycles. The Morgan fingerprint density at radius 3 is 1.79 bits per heavy atom. The second-order valence-corrected chi connectivity index (χ2v) is 4.08. The van der Waals surface area contributed by atoms with Gasteiger partial charge in [-0.3, -0.25) is 9.59 Å². The fourth-order valence-electron chi connectivity index (χ4n) is 1.82. The molecule has 0 spiro atoms. The van der Waals surface area contributed by atoms with Gasteiger partial charge in [-0.2, -0.15) is 4.99 Å². The summed E-state index contributed by atoms with van der Waals surface area (Å²) in [4.78, 5) is 49.4. The molecule has 0 aromatic heterocycles. The standard InChI is InChI=1S/C11H15N2O6/c1-6(14)13(7(2)15)5-12-10(18-8(3)16)11(13)19-9(4)17/h5,10-11H,1-4H3/q+1. The van der Waals surface area contributed by atoms with Crippen molar-refractivity contribution in [1.29, 1.82) is 0 Å². The summed E-state index contributed by atoms with van der Waals surface area (Å²) in [6.45, 7) is 4.60. The Balaban J connectivity index is 3.20. The molecule has 0 radical (unpaired) electrons. The number of quaternary nitrogens is 1. The van der Waals surface area contributed by atoms with Crippen LogP contribution >= 0.6 is 0 Å². The van der Waals surface area contributed by atoms with Gasteiger partial charge < -0.3 is 9.47 Å².